The molecule has 2 aromatic rings. The highest BCUT2D eigenvalue weighted by Gasteiger charge is 2.12. The number of nitrogens with one attached hydrogen (secondary N) is 2. The number of aromatic nitrogens is 4. The highest BCUT2D eigenvalue weighted by molar-refractivity contribution is 6.31. The van der Waals surface area contributed by atoms with Gasteiger partial charge in [-0.3, -0.25) is 4.79 Å². The van der Waals surface area contributed by atoms with Crippen molar-refractivity contribution in [2.75, 3.05) is 5.32 Å². The maximum absolute atomic E-state index is 11.7. The molecule has 98 valence electrons. The number of hydrogen-bond acceptors (Lipinski definition) is 4. The van der Waals surface area contributed by atoms with Gasteiger partial charge in [0.2, 0.25) is 11.7 Å². The van der Waals surface area contributed by atoms with Crippen LogP contribution in [-0.4, -0.2) is 26.5 Å². The van der Waals surface area contributed by atoms with E-state index < -0.39 is 0 Å². The monoisotopic (exact) mass is 277 g/mol. The van der Waals surface area contributed by atoms with E-state index in [1.54, 1.807) is 24.3 Å². The van der Waals surface area contributed by atoms with E-state index in [9.17, 15) is 4.79 Å². The van der Waals surface area contributed by atoms with E-state index in [0.29, 0.717) is 34.9 Å². The fourth-order valence-corrected chi connectivity index (χ4v) is 1.71. The number of H-pyrrole nitrogens is 1. The van der Waals surface area contributed by atoms with Crippen molar-refractivity contribution in [3.05, 3.63) is 35.9 Å². The van der Waals surface area contributed by atoms with Gasteiger partial charge in [0.25, 0.3) is 0 Å². The number of aromatic amines is 1. The summed E-state index contributed by atoms with van der Waals surface area (Å²) in [7, 11) is 0. The average Bonchev–Trinajstić information content (AvgIpc) is 2.90. The minimum absolute atomic E-state index is 0.119. The third kappa shape index (κ3) is 3.38. The first-order chi connectivity index (χ1) is 9.20. The molecule has 1 aromatic carbocycles. The molecule has 1 amide bonds. The van der Waals surface area contributed by atoms with Crippen LogP contribution in [0.2, 0.25) is 5.02 Å². The minimum atomic E-state index is -0.119. The smallest absolute Gasteiger partial charge is 0.224 e. The van der Waals surface area contributed by atoms with Gasteiger partial charge in [-0.05, 0) is 29.8 Å². The van der Waals surface area contributed by atoms with Gasteiger partial charge in [-0.15, -0.1) is 16.8 Å². The predicted octanol–water partition coefficient (Wildman–Crippen LogP) is 2.42. The van der Waals surface area contributed by atoms with Crippen LogP contribution >= 0.6 is 11.6 Å². The van der Waals surface area contributed by atoms with Crippen molar-refractivity contribution in [3.8, 4) is 11.4 Å². The quantitative estimate of drug-likeness (QED) is 0.822. The van der Waals surface area contributed by atoms with Crippen LogP contribution in [0.15, 0.2) is 30.9 Å². The standard InChI is InChI=1S/C12H12ClN5O/c1-2-3-4-11(19)14-10-7-8(13)5-6-9(10)12-15-17-18-16-12/h2,5-7H,1,3-4H2,(H,14,19)(H,15,16,17,18). The Hall–Kier alpha value is -2.21. The van der Waals surface area contributed by atoms with Crippen LogP contribution in [0.3, 0.4) is 0 Å². The molecule has 0 atom stereocenters. The summed E-state index contributed by atoms with van der Waals surface area (Å²) in [5.74, 6) is 0.280. The van der Waals surface area contributed by atoms with E-state index in [2.05, 4.69) is 32.5 Å². The molecule has 1 aromatic heterocycles. The van der Waals surface area contributed by atoms with Gasteiger partial charge in [0, 0.05) is 17.0 Å². The lowest BCUT2D eigenvalue weighted by Crippen LogP contribution is -2.11. The second-order valence-corrected chi connectivity index (χ2v) is 4.24. The molecule has 19 heavy (non-hydrogen) atoms. The Morgan fingerprint density at radius 3 is 3.05 bits per heavy atom. The van der Waals surface area contributed by atoms with E-state index >= 15 is 0 Å². The molecule has 0 aliphatic rings. The van der Waals surface area contributed by atoms with E-state index in [4.69, 9.17) is 11.6 Å². The van der Waals surface area contributed by atoms with Gasteiger partial charge in [0.15, 0.2) is 0 Å². The van der Waals surface area contributed by atoms with Crippen LogP contribution in [0.4, 0.5) is 5.69 Å². The second kappa shape index (κ2) is 6.10. The zero-order valence-electron chi connectivity index (χ0n) is 10.1. The molecule has 0 bridgehead atoms. The summed E-state index contributed by atoms with van der Waals surface area (Å²) in [6, 6.07) is 5.09. The Labute approximate surface area is 114 Å². The van der Waals surface area contributed by atoms with Gasteiger partial charge in [0.05, 0.1) is 5.69 Å². The topological polar surface area (TPSA) is 83.6 Å². The molecule has 2 N–H and O–H groups in total. The van der Waals surface area contributed by atoms with E-state index in [0.717, 1.165) is 0 Å². The van der Waals surface area contributed by atoms with Crippen molar-refractivity contribution in [2.45, 2.75) is 12.8 Å². The number of allylic oxidation sites excluding steroid dienone is 1. The molecule has 6 nitrogen and oxygen atoms in total. The number of benzene rings is 1. The SMILES string of the molecule is C=CCCC(=O)Nc1cc(Cl)ccc1-c1nn[nH]n1. The second-order valence-electron chi connectivity index (χ2n) is 3.80. The normalized spacial score (nSPS) is 10.2. The molecule has 7 heteroatoms. The van der Waals surface area contributed by atoms with E-state index in [1.165, 1.54) is 0 Å². The zero-order chi connectivity index (χ0) is 13.7. The summed E-state index contributed by atoms with van der Waals surface area (Å²) in [4.78, 5) is 11.7. The Kier molecular flexibility index (Phi) is 4.25. The van der Waals surface area contributed by atoms with E-state index in [1.807, 2.05) is 0 Å². The summed E-state index contributed by atoms with van der Waals surface area (Å²) in [5.41, 5.74) is 1.22. The molecule has 0 spiro atoms. The maximum atomic E-state index is 11.7. The largest absolute Gasteiger partial charge is 0.325 e. The van der Waals surface area contributed by atoms with Gasteiger partial charge in [-0.25, -0.2) is 0 Å². The summed E-state index contributed by atoms with van der Waals surface area (Å²) in [6.45, 7) is 3.58. The lowest BCUT2D eigenvalue weighted by atomic mass is 10.1. The minimum Gasteiger partial charge on any atom is -0.325 e. The Morgan fingerprint density at radius 2 is 2.37 bits per heavy atom. The molecule has 0 unspecified atom stereocenters. The number of anilines is 1. The van der Waals surface area contributed by atoms with Crippen LogP contribution in [0, 0.1) is 0 Å². The van der Waals surface area contributed by atoms with Gasteiger partial charge >= 0.3 is 0 Å². The molecule has 0 fully saturated rings. The summed E-state index contributed by atoms with van der Waals surface area (Å²) in [5, 5.41) is 16.9. The number of nitrogens with zero attached hydrogens (tertiary/aromatic N) is 3. The first-order valence-corrected chi connectivity index (χ1v) is 6.02. The van der Waals surface area contributed by atoms with Crippen LogP contribution in [0.1, 0.15) is 12.8 Å². The fraction of sp³-hybridized carbons (Fsp3) is 0.167. The lowest BCUT2D eigenvalue weighted by molar-refractivity contribution is -0.116. The fourth-order valence-electron chi connectivity index (χ4n) is 1.54. The van der Waals surface area contributed by atoms with Crippen molar-refractivity contribution in [1.29, 1.82) is 0 Å². The zero-order valence-corrected chi connectivity index (χ0v) is 10.8. The van der Waals surface area contributed by atoms with Crippen molar-refractivity contribution in [3.63, 3.8) is 0 Å². The van der Waals surface area contributed by atoms with Gasteiger partial charge < -0.3 is 5.32 Å². The first-order valence-electron chi connectivity index (χ1n) is 5.65. The summed E-state index contributed by atoms with van der Waals surface area (Å²) >= 11 is 5.93. The van der Waals surface area contributed by atoms with Crippen LogP contribution in [0.5, 0.6) is 0 Å². The van der Waals surface area contributed by atoms with Crippen molar-refractivity contribution in [1.82, 2.24) is 20.6 Å². The van der Waals surface area contributed by atoms with Crippen LogP contribution < -0.4 is 5.32 Å². The average molecular weight is 278 g/mol. The maximum Gasteiger partial charge on any atom is 0.224 e. The Balaban J connectivity index is 2.25. The number of rotatable bonds is 5. The Morgan fingerprint density at radius 1 is 1.53 bits per heavy atom. The summed E-state index contributed by atoms with van der Waals surface area (Å²) in [6.07, 6.45) is 2.67. The Bertz CT molecular complexity index is 582. The molecule has 0 radical (unpaired) electrons. The third-order valence-corrected chi connectivity index (χ3v) is 2.65. The predicted molar refractivity (Wildman–Crippen MR) is 72.7 cm³/mol. The highest BCUT2D eigenvalue weighted by Crippen LogP contribution is 2.28. The van der Waals surface area contributed by atoms with Crippen molar-refractivity contribution < 1.29 is 4.79 Å². The number of hydrogen-bond donors (Lipinski definition) is 2. The third-order valence-electron chi connectivity index (χ3n) is 2.42. The number of amides is 1. The van der Waals surface area contributed by atoms with E-state index in [-0.39, 0.29) is 5.91 Å². The number of tetrazole rings is 1. The first kappa shape index (κ1) is 13.2. The molecule has 2 rings (SSSR count). The van der Waals surface area contributed by atoms with Gasteiger partial charge in [-0.1, -0.05) is 17.7 Å². The van der Waals surface area contributed by atoms with Gasteiger partial charge in [0.1, 0.15) is 0 Å². The lowest BCUT2D eigenvalue weighted by Gasteiger charge is -2.08. The van der Waals surface area contributed by atoms with Crippen LogP contribution in [-0.2, 0) is 4.79 Å². The van der Waals surface area contributed by atoms with Gasteiger partial charge in [-0.2, -0.15) is 5.21 Å². The number of halogens is 1. The summed E-state index contributed by atoms with van der Waals surface area (Å²) < 4.78 is 0. The molecular weight excluding hydrogens is 266 g/mol. The molecule has 0 aliphatic heterocycles. The number of carbonyl (C=O) groups is 1. The molecule has 0 aliphatic carbocycles. The van der Waals surface area contributed by atoms with Crippen LogP contribution in [0.25, 0.3) is 11.4 Å². The molecule has 0 saturated carbocycles. The molecular formula is C12H12ClN5O. The number of carbonyl (C=O) groups excluding carboxylic acids is 1. The molecule has 0 saturated heterocycles. The highest BCUT2D eigenvalue weighted by atomic mass is 35.5. The van der Waals surface area contributed by atoms with Crippen molar-refractivity contribution in [2.24, 2.45) is 0 Å². The molecule has 1 heterocycles. The van der Waals surface area contributed by atoms with Crippen molar-refractivity contribution >= 4 is 23.2 Å².